The summed E-state index contributed by atoms with van der Waals surface area (Å²) in [7, 11) is 0. The molecule has 0 radical (unpaired) electrons. The summed E-state index contributed by atoms with van der Waals surface area (Å²) in [6.07, 6.45) is 15.4. The number of rotatable bonds is 10. The Morgan fingerprint density at radius 3 is 2.00 bits per heavy atom. The molecule has 0 aromatic rings. The predicted molar refractivity (Wildman–Crippen MR) is 69.6 cm³/mol. The van der Waals surface area contributed by atoms with E-state index in [0.717, 1.165) is 5.92 Å². The van der Waals surface area contributed by atoms with Crippen molar-refractivity contribution in [3.05, 3.63) is 0 Å². The maximum absolute atomic E-state index is 6.26. The molecule has 0 bridgehead atoms. The smallest absolute Gasteiger partial charge is 0.0364 e. The van der Waals surface area contributed by atoms with E-state index in [0.29, 0.717) is 5.38 Å². The minimum Gasteiger partial charge on any atom is -0.123 e. The van der Waals surface area contributed by atoms with Gasteiger partial charge in [-0.05, 0) is 25.2 Å². The van der Waals surface area contributed by atoms with Crippen molar-refractivity contribution in [1.29, 1.82) is 0 Å². The van der Waals surface area contributed by atoms with Crippen molar-refractivity contribution in [2.75, 3.05) is 0 Å². The van der Waals surface area contributed by atoms with Gasteiger partial charge < -0.3 is 0 Å². The van der Waals surface area contributed by atoms with Gasteiger partial charge in [-0.1, -0.05) is 58.3 Å². The summed E-state index contributed by atoms with van der Waals surface area (Å²) in [5, 5.41) is 0.505. The summed E-state index contributed by atoms with van der Waals surface area (Å²) in [5.41, 5.74) is 0. The fourth-order valence-corrected chi connectivity index (χ4v) is 2.57. The van der Waals surface area contributed by atoms with Crippen molar-refractivity contribution in [2.45, 2.75) is 82.9 Å². The quantitative estimate of drug-likeness (QED) is 0.342. The van der Waals surface area contributed by atoms with Crippen LogP contribution in [-0.4, -0.2) is 5.38 Å². The number of halogens is 1. The second-order valence-corrected chi connectivity index (χ2v) is 5.68. The van der Waals surface area contributed by atoms with Crippen LogP contribution < -0.4 is 0 Å². The topological polar surface area (TPSA) is 0 Å². The van der Waals surface area contributed by atoms with Crippen LogP contribution in [-0.2, 0) is 0 Å². The summed E-state index contributed by atoms with van der Waals surface area (Å²) in [6, 6.07) is 0. The van der Waals surface area contributed by atoms with Gasteiger partial charge in [-0.3, -0.25) is 0 Å². The Morgan fingerprint density at radius 2 is 1.47 bits per heavy atom. The van der Waals surface area contributed by atoms with Crippen LogP contribution in [0, 0.1) is 5.92 Å². The Hall–Kier alpha value is 0.290. The highest BCUT2D eigenvalue weighted by atomic mass is 35.5. The van der Waals surface area contributed by atoms with Gasteiger partial charge in [0.15, 0.2) is 0 Å². The lowest BCUT2D eigenvalue weighted by Gasteiger charge is -2.06. The Bertz CT molecular complexity index is 140. The lowest BCUT2D eigenvalue weighted by Crippen LogP contribution is -2.00. The Balaban J connectivity index is 1.72. The summed E-state index contributed by atoms with van der Waals surface area (Å²) in [6.45, 7) is 2.28. The van der Waals surface area contributed by atoms with Gasteiger partial charge in [-0.25, -0.2) is 0 Å². The first-order valence-electron chi connectivity index (χ1n) is 6.98. The molecular weight excluding hydrogens is 204 g/mol. The molecule has 1 aliphatic rings. The molecule has 90 valence electrons. The molecule has 0 aromatic carbocycles. The molecule has 1 heteroatoms. The third-order valence-electron chi connectivity index (χ3n) is 3.47. The fourth-order valence-electron chi connectivity index (χ4n) is 2.17. The highest BCUT2D eigenvalue weighted by Gasteiger charge is 2.28. The van der Waals surface area contributed by atoms with Crippen molar-refractivity contribution >= 4 is 11.6 Å². The minimum atomic E-state index is 0.505. The van der Waals surface area contributed by atoms with Gasteiger partial charge in [0.1, 0.15) is 0 Å². The van der Waals surface area contributed by atoms with Crippen LogP contribution in [0.2, 0.25) is 0 Å². The van der Waals surface area contributed by atoms with Crippen LogP contribution in [0.15, 0.2) is 0 Å². The lowest BCUT2D eigenvalue weighted by atomic mass is 10.1. The minimum absolute atomic E-state index is 0.505. The van der Waals surface area contributed by atoms with E-state index in [1.54, 1.807) is 0 Å². The molecule has 1 fully saturated rings. The van der Waals surface area contributed by atoms with Crippen LogP contribution in [0.4, 0.5) is 0 Å². The van der Waals surface area contributed by atoms with E-state index in [4.69, 9.17) is 11.6 Å². The molecule has 0 aliphatic heterocycles. The highest BCUT2D eigenvalue weighted by Crippen LogP contribution is 2.37. The van der Waals surface area contributed by atoms with Crippen LogP contribution in [0.25, 0.3) is 0 Å². The average molecular weight is 231 g/mol. The Morgan fingerprint density at radius 1 is 0.933 bits per heavy atom. The zero-order valence-electron chi connectivity index (χ0n) is 10.3. The first-order chi connectivity index (χ1) is 7.34. The summed E-state index contributed by atoms with van der Waals surface area (Å²) in [5.74, 6) is 0.885. The van der Waals surface area contributed by atoms with Crippen LogP contribution in [0.3, 0.4) is 0 Å². The van der Waals surface area contributed by atoms with Gasteiger partial charge in [0, 0.05) is 5.38 Å². The molecule has 0 heterocycles. The molecule has 0 nitrogen and oxygen atoms in total. The molecule has 0 aromatic heterocycles. The van der Waals surface area contributed by atoms with Crippen molar-refractivity contribution in [3.8, 4) is 0 Å². The molecule has 1 aliphatic carbocycles. The summed E-state index contributed by atoms with van der Waals surface area (Å²) in [4.78, 5) is 0. The molecule has 1 atom stereocenters. The van der Waals surface area contributed by atoms with Crippen LogP contribution >= 0.6 is 11.6 Å². The molecule has 1 unspecified atom stereocenters. The zero-order valence-corrected chi connectivity index (χ0v) is 11.1. The van der Waals surface area contributed by atoms with Crippen LogP contribution in [0.1, 0.15) is 77.6 Å². The number of hydrogen-bond donors (Lipinski definition) is 0. The van der Waals surface area contributed by atoms with Crippen molar-refractivity contribution in [2.24, 2.45) is 5.92 Å². The van der Waals surface area contributed by atoms with Gasteiger partial charge in [-0.2, -0.15) is 0 Å². The SMILES string of the molecule is CCCCCCCCCCC(Cl)C1CC1. The first kappa shape index (κ1) is 13.4. The Kier molecular flexibility index (Phi) is 7.52. The summed E-state index contributed by atoms with van der Waals surface area (Å²) < 4.78 is 0. The fraction of sp³-hybridized carbons (Fsp3) is 1.00. The van der Waals surface area contributed by atoms with Gasteiger partial charge in [-0.15, -0.1) is 11.6 Å². The van der Waals surface area contributed by atoms with E-state index >= 15 is 0 Å². The number of unbranched alkanes of at least 4 members (excludes halogenated alkanes) is 7. The maximum atomic E-state index is 6.26. The van der Waals surface area contributed by atoms with E-state index in [2.05, 4.69) is 6.92 Å². The highest BCUT2D eigenvalue weighted by molar-refractivity contribution is 6.20. The van der Waals surface area contributed by atoms with E-state index in [1.807, 2.05) is 0 Å². The molecule has 1 rings (SSSR count). The van der Waals surface area contributed by atoms with Gasteiger partial charge in [0.05, 0.1) is 0 Å². The molecule has 0 amide bonds. The monoisotopic (exact) mass is 230 g/mol. The normalized spacial score (nSPS) is 18.0. The van der Waals surface area contributed by atoms with E-state index in [9.17, 15) is 0 Å². The first-order valence-corrected chi connectivity index (χ1v) is 7.42. The molecule has 1 saturated carbocycles. The van der Waals surface area contributed by atoms with Crippen molar-refractivity contribution in [3.63, 3.8) is 0 Å². The molecule has 0 N–H and O–H groups in total. The second-order valence-electron chi connectivity index (χ2n) is 5.12. The second kappa shape index (κ2) is 8.44. The standard InChI is InChI=1S/C14H27Cl/c1-2-3-4-5-6-7-8-9-10-14(15)13-11-12-13/h13-14H,2-12H2,1H3. The van der Waals surface area contributed by atoms with E-state index in [1.165, 1.54) is 70.6 Å². The predicted octanol–water partition coefficient (Wildman–Crippen LogP) is 5.53. The lowest BCUT2D eigenvalue weighted by molar-refractivity contribution is 0.548. The maximum Gasteiger partial charge on any atom is 0.0364 e. The van der Waals surface area contributed by atoms with Crippen LogP contribution in [0.5, 0.6) is 0 Å². The van der Waals surface area contributed by atoms with Gasteiger partial charge >= 0.3 is 0 Å². The number of hydrogen-bond acceptors (Lipinski definition) is 0. The Labute approximate surface area is 101 Å². The van der Waals surface area contributed by atoms with E-state index < -0.39 is 0 Å². The third kappa shape index (κ3) is 7.22. The molecule has 0 spiro atoms. The summed E-state index contributed by atoms with van der Waals surface area (Å²) >= 11 is 6.26. The van der Waals surface area contributed by atoms with Gasteiger partial charge in [0.25, 0.3) is 0 Å². The zero-order chi connectivity index (χ0) is 10.9. The van der Waals surface area contributed by atoms with Gasteiger partial charge in [0.2, 0.25) is 0 Å². The molecular formula is C14H27Cl. The van der Waals surface area contributed by atoms with Crippen molar-refractivity contribution < 1.29 is 0 Å². The molecule has 0 saturated heterocycles. The number of alkyl halides is 1. The van der Waals surface area contributed by atoms with Crippen molar-refractivity contribution in [1.82, 2.24) is 0 Å². The molecule has 15 heavy (non-hydrogen) atoms. The largest absolute Gasteiger partial charge is 0.123 e. The van der Waals surface area contributed by atoms with E-state index in [-0.39, 0.29) is 0 Å². The average Bonchev–Trinajstić information content (AvgIpc) is 3.05. The third-order valence-corrected chi connectivity index (χ3v) is 4.04.